The van der Waals surface area contributed by atoms with Gasteiger partial charge < -0.3 is 9.47 Å². The summed E-state index contributed by atoms with van der Waals surface area (Å²) in [4.78, 5) is 0. The molecule has 0 fully saturated rings. The average molecular weight is 303 g/mol. The highest BCUT2D eigenvalue weighted by Crippen LogP contribution is 2.42. The summed E-state index contributed by atoms with van der Waals surface area (Å²) in [6, 6.07) is 3.75. The van der Waals surface area contributed by atoms with Crippen molar-refractivity contribution in [2.45, 2.75) is 32.6 Å². The van der Waals surface area contributed by atoms with Gasteiger partial charge in [-0.15, -0.1) is 11.6 Å². The molecule has 0 radical (unpaired) electrons. The number of hydrogen-bond donors (Lipinski definition) is 0. The van der Waals surface area contributed by atoms with Crippen LogP contribution in [0.3, 0.4) is 0 Å². The van der Waals surface area contributed by atoms with Crippen LogP contribution in [0.2, 0.25) is 5.02 Å². The highest BCUT2D eigenvalue weighted by molar-refractivity contribution is 6.33. The summed E-state index contributed by atoms with van der Waals surface area (Å²) in [5, 5.41) is 0.529. The second kappa shape index (κ2) is 6.23. The highest BCUT2D eigenvalue weighted by atomic mass is 35.5. The molecule has 19 heavy (non-hydrogen) atoms. The van der Waals surface area contributed by atoms with E-state index in [4.69, 9.17) is 32.7 Å². The fraction of sp³-hybridized carbons (Fsp3) is 0.600. The standard InChI is InChI=1S/C15H20Cl2O2/c1-9(2)10(3)15(17)11-7-13-14(8-12(11)16)19-6-4-5-18-13/h7-10,15H,4-6H2,1-3H3. The Morgan fingerprint density at radius 2 is 1.63 bits per heavy atom. The van der Waals surface area contributed by atoms with E-state index in [1.54, 1.807) is 0 Å². The SMILES string of the molecule is CC(C)C(C)C(Cl)c1cc2c(cc1Cl)OCCCO2. The van der Waals surface area contributed by atoms with E-state index in [-0.39, 0.29) is 5.38 Å². The smallest absolute Gasteiger partial charge is 0.162 e. The maximum Gasteiger partial charge on any atom is 0.162 e. The minimum absolute atomic E-state index is 0.121. The number of alkyl halides is 1. The molecule has 1 aliphatic heterocycles. The van der Waals surface area contributed by atoms with E-state index in [0.717, 1.165) is 17.7 Å². The minimum Gasteiger partial charge on any atom is -0.490 e. The van der Waals surface area contributed by atoms with Crippen LogP contribution >= 0.6 is 23.2 Å². The molecule has 0 amide bonds. The molecule has 0 saturated heterocycles. The Morgan fingerprint density at radius 1 is 1.05 bits per heavy atom. The molecule has 4 heteroatoms. The Balaban J connectivity index is 2.33. The van der Waals surface area contributed by atoms with Crippen LogP contribution in [-0.2, 0) is 0 Å². The van der Waals surface area contributed by atoms with Crippen molar-refractivity contribution in [3.05, 3.63) is 22.7 Å². The number of hydrogen-bond acceptors (Lipinski definition) is 2. The molecule has 2 nitrogen and oxygen atoms in total. The van der Waals surface area contributed by atoms with E-state index in [1.165, 1.54) is 0 Å². The summed E-state index contributed by atoms with van der Waals surface area (Å²) >= 11 is 12.9. The summed E-state index contributed by atoms with van der Waals surface area (Å²) in [6.45, 7) is 7.80. The molecule has 2 rings (SSSR count). The molecule has 0 saturated carbocycles. The molecular formula is C15H20Cl2O2. The van der Waals surface area contributed by atoms with Gasteiger partial charge in [-0.2, -0.15) is 0 Å². The van der Waals surface area contributed by atoms with Crippen LogP contribution in [0.4, 0.5) is 0 Å². The van der Waals surface area contributed by atoms with Gasteiger partial charge in [0, 0.05) is 17.5 Å². The largest absolute Gasteiger partial charge is 0.490 e. The summed E-state index contributed by atoms with van der Waals surface area (Å²) < 4.78 is 11.3. The second-order valence-electron chi connectivity index (χ2n) is 5.38. The molecule has 1 aliphatic rings. The van der Waals surface area contributed by atoms with Crippen molar-refractivity contribution >= 4 is 23.2 Å². The van der Waals surface area contributed by atoms with Crippen molar-refractivity contribution < 1.29 is 9.47 Å². The molecule has 0 bridgehead atoms. The van der Waals surface area contributed by atoms with E-state index >= 15 is 0 Å². The summed E-state index contributed by atoms with van der Waals surface area (Å²) in [7, 11) is 0. The fourth-order valence-electron chi connectivity index (χ4n) is 2.03. The lowest BCUT2D eigenvalue weighted by Gasteiger charge is -2.23. The van der Waals surface area contributed by atoms with Crippen molar-refractivity contribution in [2.24, 2.45) is 11.8 Å². The summed E-state index contributed by atoms with van der Waals surface area (Å²) in [5.41, 5.74) is 0.925. The van der Waals surface area contributed by atoms with Gasteiger partial charge in [0.2, 0.25) is 0 Å². The number of ether oxygens (including phenoxy) is 2. The van der Waals surface area contributed by atoms with Crippen LogP contribution in [0, 0.1) is 11.8 Å². The number of rotatable bonds is 3. The third-order valence-corrected chi connectivity index (χ3v) is 4.64. The van der Waals surface area contributed by atoms with Crippen molar-refractivity contribution in [1.29, 1.82) is 0 Å². The molecule has 0 aromatic heterocycles. The Labute approximate surface area is 125 Å². The van der Waals surface area contributed by atoms with Crippen molar-refractivity contribution in [3.8, 4) is 11.5 Å². The summed E-state index contributed by atoms with van der Waals surface area (Å²) in [5.74, 6) is 2.30. The molecule has 0 spiro atoms. The minimum atomic E-state index is -0.121. The topological polar surface area (TPSA) is 18.5 Å². The predicted octanol–water partition coefficient (Wildman–Crippen LogP) is 5.07. The van der Waals surface area contributed by atoms with Gasteiger partial charge in [0.1, 0.15) is 0 Å². The van der Waals surface area contributed by atoms with Crippen LogP contribution in [-0.4, -0.2) is 13.2 Å². The van der Waals surface area contributed by atoms with Gasteiger partial charge in [0.05, 0.1) is 18.6 Å². The maximum absolute atomic E-state index is 6.56. The van der Waals surface area contributed by atoms with Crippen molar-refractivity contribution in [1.82, 2.24) is 0 Å². The Morgan fingerprint density at radius 3 is 2.21 bits per heavy atom. The van der Waals surface area contributed by atoms with Crippen LogP contribution in [0.5, 0.6) is 11.5 Å². The molecule has 2 atom stereocenters. The normalized spacial score (nSPS) is 18.0. The number of fused-ring (bicyclic) bond motifs is 1. The molecule has 0 aliphatic carbocycles. The van der Waals surface area contributed by atoms with Gasteiger partial charge in [0.15, 0.2) is 11.5 Å². The second-order valence-corrected chi connectivity index (χ2v) is 6.25. The zero-order chi connectivity index (χ0) is 14.0. The molecule has 1 aromatic rings. The zero-order valence-electron chi connectivity index (χ0n) is 11.6. The molecule has 1 heterocycles. The Hall–Kier alpha value is -0.600. The molecule has 0 N–H and O–H groups in total. The highest BCUT2D eigenvalue weighted by Gasteiger charge is 2.24. The summed E-state index contributed by atoms with van der Waals surface area (Å²) in [6.07, 6.45) is 0.883. The number of halogens is 2. The van der Waals surface area contributed by atoms with Crippen LogP contribution in [0.15, 0.2) is 12.1 Å². The predicted molar refractivity (Wildman–Crippen MR) is 79.7 cm³/mol. The van der Waals surface area contributed by atoms with E-state index in [1.807, 2.05) is 12.1 Å². The maximum atomic E-state index is 6.56. The monoisotopic (exact) mass is 302 g/mol. The fourth-order valence-corrected chi connectivity index (χ4v) is 2.83. The van der Waals surface area contributed by atoms with Gasteiger partial charge in [-0.3, -0.25) is 0 Å². The molecule has 2 unspecified atom stereocenters. The lowest BCUT2D eigenvalue weighted by molar-refractivity contribution is 0.297. The first-order chi connectivity index (χ1) is 9.00. The first-order valence-corrected chi connectivity index (χ1v) is 7.55. The number of benzene rings is 1. The lowest BCUT2D eigenvalue weighted by atomic mass is 9.90. The third kappa shape index (κ3) is 3.29. The van der Waals surface area contributed by atoms with Gasteiger partial charge in [-0.1, -0.05) is 32.4 Å². The van der Waals surface area contributed by atoms with E-state index in [2.05, 4.69) is 20.8 Å². The van der Waals surface area contributed by atoms with E-state index in [9.17, 15) is 0 Å². The van der Waals surface area contributed by atoms with Crippen LogP contribution < -0.4 is 9.47 Å². The van der Waals surface area contributed by atoms with Gasteiger partial charge in [-0.25, -0.2) is 0 Å². The van der Waals surface area contributed by atoms with Gasteiger partial charge >= 0.3 is 0 Å². The van der Waals surface area contributed by atoms with Crippen LogP contribution in [0.1, 0.15) is 38.1 Å². The average Bonchev–Trinajstić information content (AvgIpc) is 2.60. The zero-order valence-corrected chi connectivity index (χ0v) is 13.1. The van der Waals surface area contributed by atoms with Crippen molar-refractivity contribution in [2.75, 3.05) is 13.2 Å². The third-order valence-electron chi connectivity index (χ3n) is 3.68. The van der Waals surface area contributed by atoms with Crippen molar-refractivity contribution in [3.63, 3.8) is 0 Å². The quantitative estimate of drug-likeness (QED) is 0.725. The first-order valence-electron chi connectivity index (χ1n) is 6.73. The van der Waals surface area contributed by atoms with Gasteiger partial charge in [-0.05, 0) is 23.5 Å². The Bertz CT molecular complexity index is 446. The molecule has 106 valence electrons. The molecule has 1 aromatic carbocycles. The lowest BCUT2D eigenvalue weighted by Crippen LogP contribution is -2.11. The van der Waals surface area contributed by atoms with Gasteiger partial charge in [0.25, 0.3) is 0 Å². The van der Waals surface area contributed by atoms with E-state index < -0.39 is 0 Å². The first kappa shape index (κ1) is 14.8. The van der Waals surface area contributed by atoms with Crippen LogP contribution in [0.25, 0.3) is 0 Å². The van der Waals surface area contributed by atoms with E-state index in [0.29, 0.717) is 35.8 Å². The molecular weight excluding hydrogens is 283 g/mol. The Kier molecular flexibility index (Phi) is 4.86.